The fourth-order valence-corrected chi connectivity index (χ4v) is 4.47. The minimum atomic E-state index is -2.96. The Hall–Kier alpha value is -1.47. The van der Waals surface area contributed by atoms with E-state index in [0.717, 1.165) is 26.2 Å². The fourth-order valence-electron chi connectivity index (χ4n) is 2.12. The molecule has 0 aromatic heterocycles. The zero-order valence-electron chi connectivity index (χ0n) is 11.5. The zero-order chi connectivity index (χ0) is 15.2. The quantitative estimate of drug-likeness (QED) is 0.372. The van der Waals surface area contributed by atoms with Crippen molar-refractivity contribution in [2.24, 2.45) is 0 Å². The van der Waals surface area contributed by atoms with Crippen LogP contribution in [0, 0.1) is 10.1 Å². The van der Waals surface area contributed by atoms with Gasteiger partial charge in [-0.1, -0.05) is 0 Å². The van der Waals surface area contributed by atoms with Gasteiger partial charge in [-0.2, -0.15) is 0 Å². The summed E-state index contributed by atoms with van der Waals surface area (Å²) in [6, 6.07) is 4.03. The summed E-state index contributed by atoms with van der Waals surface area (Å²) < 4.78 is 22.2. The highest BCUT2D eigenvalue weighted by molar-refractivity contribution is 7.54. The molecule has 2 saturated heterocycles. The lowest BCUT2D eigenvalue weighted by atomic mass is 10.1. The number of hydrogen-bond donors (Lipinski definition) is 1. The second-order valence-electron chi connectivity index (χ2n) is 5.15. The van der Waals surface area contributed by atoms with Gasteiger partial charge in [0.2, 0.25) is 0 Å². The first-order valence-electron chi connectivity index (χ1n) is 6.68. The van der Waals surface area contributed by atoms with Crippen LogP contribution in [0.3, 0.4) is 0 Å². The minimum absolute atomic E-state index is 0.356. The van der Waals surface area contributed by atoms with Crippen molar-refractivity contribution in [2.75, 3.05) is 26.2 Å². The second-order valence-corrected chi connectivity index (χ2v) is 7.47. The van der Waals surface area contributed by atoms with Crippen LogP contribution in [-0.2, 0) is 9.09 Å². The van der Waals surface area contributed by atoms with Gasteiger partial charge in [0.05, 0.1) is 11.0 Å². The van der Waals surface area contributed by atoms with E-state index in [9.17, 15) is 19.8 Å². The van der Waals surface area contributed by atoms with E-state index in [1.165, 1.54) is 18.2 Å². The van der Waals surface area contributed by atoms with E-state index >= 15 is 0 Å². The number of hydrogen-bond acceptors (Lipinski definition) is 5. The number of phenols is 1. The standard InChI is InChI=1S/C12H16N3O5P/c1-9(10-2-3-11(15(17)18)12(16)8-10)20-21(19,13-4-5-13)14-6-7-14/h2-3,8-9,16H,4-7H2,1H3. The monoisotopic (exact) mass is 313 g/mol. The Morgan fingerprint density at radius 2 is 1.90 bits per heavy atom. The number of benzene rings is 1. The Balaban J connectivity index is 1.78. The van der Waals surface area contributed by atoms with E-state index < -0.39 is 24.4 Å². The maximum Gasteiger partial charge on any atom is 0.346 e. The molecule has 2 heterocycles. The van der Waals surface area contributed by atoms with Crippen molar-refractivity contribution >= 4 is 13.4 Å². The molecule has 3 rings (SSSR count). The topological polar surface area (TPSA) is 95.7 Å². The third-order valence-electron chi connectivity index (χ3n) is 3.52. The molecule has 1 unspecified atom stereocenters. The second kappa shape index (κ2) is 5.06. The lowest BCUT2D eigenvalue weighted by molar-refractivity contribution is -0.385. The Bertz CT molecular complexity index is 613. The third kappa shape index (κ3) is 2.80. The number of nitro benzene ring substituents is 1. The summed E-state index contributed by atoms with van der Waals surface area (Å²) in [5.41, 5.74) is 0.202. The number of nitrogens with zero attached hydrogens (tertiary/aromatic N) is 3. The van der Waals surface area contributed by atoms with Gasteiger partial charge in [-0.25, -0.2) is 9.34 Å². The molecule has 0 amide bonds. The van der Waals surface area contributed by atoms with Crippen LogP contribution in [0.4, 0.5) is 5.69 Å². The molecule has 0 aliphatic carbocycles. The molecule has 1 aromatic rings. The van der Waals surface area contributed by atoms with Crippen LogP contribution in [0.1, 0.15) is 18.6 Å². The Kier molecular flexibility index (Phi) is 3.49. The number of nitro groups is 1. The largest absolute Gasteiger partial charge is 0.502 e. The maximum absolute atomic E-state index is 12.8. The Morgan fingerprint density at radius 1 is 1.33 bits per heavy atom. The molecular formula is C12H16N3O5P. The molecular weight excluding hydrogens is 297 g/mol. The molecule has 1 aromatic carbocycles. The summed E-state index contributed by atoms with van der Waals surface area (Å²) in [6.07, 6.45) is -0.524. The van der Waals surface area contributed by atoms with Gasteiger partial charge >= 0.3 is 13.4 Å². The molecule has 1 N–H and O–H groups in total. The molecule has 2 fully saturated rings. The SMILES string of the molecule is CC(OP(=O)(N1CC1)N1CC1)c1ccc([N+](=O)[O-])c(O)c1. The summed E-state index contributed by atoms with van der Waals surface area (Å²) in [6.45, 7) is 4.75. The summed E-state index contributed by atoms with van der Waals surface area (Å²) in [4.78, 5) is 10.0. The lowest BCUT2D eigenvalue weighted by Crippen LogP contribution is -2.10. The van der Waals surface area contributed by atoms with Crippen LogP contribution < -0.4 is 0 Å². The summed E-state index contributed by atoms with van der Waals surface area (Å²) in [7, 11) is -2.96. The molecule has 0 bridgehead atoms. The van der Waals surface area contributed by atoms with E-state index in [-0.39, 0.29) is 5.69 Å². The van der Waals surface area contributed by atoms with Gasteiger partial charge < -0.3 is 5.11 Å². The summed E-state index contributed by atoms with van der Waals surface area (Å²) in [5, 5.41) is 20.3. The van der Waals surface area contributed by atoms with Crippen molar-refractivity contribution < 1.29 is 19.1 Å². The third-order valence-corrected chi connectivity index (χ3v) is 6.34. The number of aromatic hydroxyl groups is 1. The van der Waals surface area contributed by atoms with Crippen molar-refractivity contribution in [1.29, 1.82) is 0 Å². The average molecular weight is 313 g/mol. The smallest absolute Gasteiger partial charge is 0.346 e. The molecule has 1 atom stereocenters. The van der Waals surface area contributed by atoms with Crippen molar-refractivity contribution in [3.05, 3.63) is 33.9 Å². The molecule has 0 radical (unpaired) electrons. The molecule has 0 saturated carbocycles. The van der Waals surface area contributed by atoms with E-state index in [1.54, 1.807) is 16.3 Å². The van der Waals surface area contributed by atoms with Gasteiger partial charge in [0.1, 0.15) is 0 Å². The minimum Gasteiger partial charge on any atom is -0.502 e. The van der Waals surface area contributed by atoms with Crippen LogP contribution >= 0.6 is 7.67 Å². The molecule has 9 heteroatoms. The predicted molar refractivity (Wildman–Crippen MR) is 75.0 cm³/mol. The van der Waals surface area contributed by atoms with Crippen molar-refractivity contribution in [1.82, 2.24) is 9.34 Å². The van der Waals surface area contributed by atoms with E-state index in [0.29, 0.717) is 5.56 Å². The van der Waals surface area contributed by atoms with Crippen molar-refractivity contribution in [3.8, 4) is 5.75 Å². The molecule has 2 aliphatic rings. The maximum atomic E-state index is 12.8. The highest BCUT2D eigenvalue weighted by Crippen LogP contribution is 2.63. The first-order valence-corrected chi connectivity index (χ1v) is 8.21. The summed E-state index contributed by atoms with van der Waals surface area (Å²) in [5.74, 6) is -0.416. The Morgan fingerprint density at radius 3 is 2.33 bits per heavy atom. The van der Waals surface area contributed by atoms with Gasteiger partial charge in [-0.05, 0) is 24.6 Å². The van der Waals surface area contributed by atoms with Crippen LogP contribution in [0.25, 0.3) is 0 Å². The van der Waals surface area contributed by atoms with E-state index in [4.69, 9.17) is 4.52 Å². The van der Waals surface area contributed by atoms with Gasteiger partial charge in [-0.15, -0.1) is 0 Å². The van der Waals surface area contributed by atoms with Gasteiger partial charge in [-0.3, -0.25) is 19.2 Å². The predicted octanol–water partition coefficient (Wildman–Crippen LogP) is 2.12. The number of rotatable bonds is 6. The highest BCUT2D eigenvalue weighted by Gasteiger charge is 2.50. The molecule has 8 nitrogen and oxygen atoms in total. The lowest BCUT2D eigenvalue weighted by Gasteiger charge is -2.24. The van der Waals surface area contributed by atoms with Gasteiger partial charge in [0, 0.05) is 32.2 Å². The first-order chi connectivity index (χ1) is 9.91. The first kappa shape index (κ1) is 14.5. The van der Waals surface area contributed by atoms with E-state index in [1.807, 2.05) is 0 Å². The summed E-state index contributed by atoms with van der Waals surface area (Å²) >= 11 is 0. The molecule has 0 spiro atoms. The van der Waals surface area contributed by atoms with Crippen molar-refractivity contribution in [2.45, 2.75) is 13.0 Å². The van der Waals surface area contributed by atoms with Crippen LogP contribution in [-0.4, -0.2) is 45.5 Å². The Labute approximate surface area is 121 Å². The normalized spacial score (nSPS) is 20.2. The zero-order valence-corrected chi connectivity index (χ0v) is 12.4. The molecule has 21 heavy (non-hydrogen) atoms. The fraction of sp³-hybridized carbons (Fsp3) is 0.500. The number of phenolic OH excluding ortho intramolecular Hbond substituents is 1. The molecule has 2 aliphatic heterocycles. The van der Waals surface area contributed by atoms with Gasteiger partial charge in [0.25, 0.3) is 0 Å². The van der Waals surface area contributed by atoms with Crippen LogP contribution in [0.15, 0.2) is 18.2 Å². The van der Waals surface area contributed by atoms with E-state index in [2.05, 4.69) is 0 Å². The highest BCUT2D eigenvalue weighted by atomic mass is 31.2. The van der Waals surface area contributed by atoms with Gasteiger partial charge in [0.15, 0.2) is 5.75 Å². The van der Waals surface area contributed by atoms with Crippen LogP contribution in [0.2, 0.25) is 0 Å². The van der Waals surface area contributed by atoms with Crippen LogP contribution in [0.5, 0.6) is 5.75 Å². The molecule has 114 valence electrons. The van der Waals surface area contributed by atoms with Crippen molar-refractivity contribution in [3.63, 3.8) is 0 Å². The average Bonchev–Trinajstić information content (AvgIpc) is 3.30.